The highest BCUT2D eigenvalue weighted by Crippen LogP contribution is 2.28. The van der Waals surface area contributed by atoms with E-state index in [-0.39, 0.29) is 12.1 Å². The summed E-state index contributed by atoms with van der Waals surface area (Å²) in [7, 11) is 1.98. The van der Waals surface area contributed by atoms with Crippen molar-refractivity contribution in [2.45, 2.75) is 26.0 Å². The molecular weight excluding hydrogens is 308 g/mol. The molecule has 1 aromatic rings. The second-order valence-electron chi connectivity index (χ2n) is 4.84. The topological polar surface area (TPSA) is 42.3 Å². The highest BCUT2D eigenvalue weighted by atomic mass is 79.9. The van der Waals surface area contributed by atoms with Crippen LogP contribution in [0, 0.1) is 0 Å². The van der Waals surface area contributed by atoms with E-state index in [1.54, 1.807) is 0 Å². The number of nitrogens with zero attached hydrogens (tertiary/aromatic N) is 3. The number of hydrogen-bond donors (Lipinski definition) is 1. The van der Waals surface area contributed by atoms with Crippen LogP contribution in [0.5, 0.6) is 0 Å². The summed E-state index contributed by atoms with van der Waals surface area (Å²) >= 11 is 3.59. The van der Waals surface area contributed by atoms with E-state index in [0.29, 0.717) is 0 Å². The molecule has 5 nitrogen and oxygen atoms in total. The molecule has 0 radical (unpaired) electrons. The van der Waals surface area contributed by atoms with Gasteiger partial charge in [-0.05, 0) is 29.0 Å². The summed E-state index contributed by atoms with van der Waals surface area (Å²) in [5.74, 6) is 0. The van der Waals surface area contributed by atoms with Gasteiger partial charge in [0, 0.05) is 20.1 Å². The van der Waals surface area contributed by atoms with Crippen molar-refractivity contribution in [1.29, 1.82) is 0 Å². The molecule has 0 aromatic carbocycles. The Morgan fingerprint density at radius 3 is 2.95 bits per heavy atom. The van der Waals surface area contributed by atoms with Gasteiger partial charge in [-0.3, -0.25) is 9.58 Å². The van der Waals surface area contributed by atoms with E-state index in [2.05, 4.69) is 45.1 Å². The number of halogens is 1. The summed E-state index contributed by atoms with van der Waals surface area (Å²) in [6.07, 6.45) is 2.01. The Kier molecular flexibility index (Phi) is 5.38. The highest BCUT2D eigenvalue weighted by molar-refractivity contribution is 9.10. The van der Waals surface area contributed by atoms with Gasteiger partial charge in [0.2, 0.25) is 0 Å². The molecule has 0 amide bonds. The molecule has 1 N–H and O–H groups in total. The SMILES string of the molecule is CCNC(c1c(Br)cnn1C)C1CN(CC)CCO1. The van der Waals surface area contributed by atoms with Gasteiger partial charge in [-0.15, -0.1) is 0 Å². The molecule has 0 bridgehead atoms. The molecule has 2 unspecified atom stereocenters. The van der Waals surface area contributed by atoms with Crippen molar-refractivity contribution < 1.29 is 4.74 Å². The lowest BCUT2D eigenvalue weighted by atomic mass is 10.1. The van der Waals surface area contributed by atoms with Gasteiger partial charge in [-0.2, -0.15) is 5.10 Å². The predicted octanol–water partition coefficient (Wildman–Crippen LogP) is 1.55. The third-order valence-electron chi connectivity index (χ3n) is 3.65. The van der Waals surface area contributed by atoms with Crippen molar-refractivity contribution in [3.05, 3.63) is 16.4 Å². The van der Waals surface area contributed by atoms with E-state index < -0.39 is 0 Å². The Morgan fingerprint density at radius 2 is 2.37 bits per heavy atom. The van der Waals surface area contributed by atoms with Crippen LogP contribution in [0.2, 0.25) is 0 Å². The largest absolute Gasteiger partial charge is 0.374 e. The van der Waals surface area contributed by atoms with Gasteiger partial charge in [0.25, 0.3) is 0 Å². The number of ether oxygens (including phenoxy) is 1. The fraction of sp³-hybridized carbons (Fsp3) is 0.769. The average molecular weight is 331 g/mol. The summed E-state index contributed by atoms with van der Waals surface area (Å²) in [5, 5.41) is 7.85. The van der Waals surface area contributed by atoms with Gasteiger partial charge < -0.3 is 10.1 Å². The molecule has 19 heavy (non-hydrogen) atoms. The first-order chi connectivity index (χ1) is 9.17. The van der Waals surface area contributed by atoms with Crippen LogP contribution in [-0.2, 0) is 11.8 Å². The standard InChI is InChI=1S/C13H23BrN4O/c1-4-15-12(13-10(14)8-16-17(13)3)11-9-18(5-2)6-7-19-11/h8,11-12,15H,4-7,9H2,1-3H3. The molecule has 2 heterocycles. The van der Waals surface area contributed by atoms with Gasteiger partial charge >= 0.3 is 0 Å². The summed E-state index contributed by atoms with van der Waals surface area (Å²) in [5.41, 5.74) is 1.16. The van der Waals surface area contributed by atoms with Crippen LogP contribution in [0.1, 0.15) is 25.6 Å². The maximum absolute atomic E-state index is 5.99. The van der Waals surface area contributed by atoms with Crippen LogP contribution in [0.25, 0.3) is 0 Å². The molecular formula is C13H23BrN4O. The number of likely N-dealkylation sites (N-methyl/N-ethyl adjacent to an activating group) is 2. The first-order valence-corrected chi connectivity index (χ1v) is 7.71. The smallest absolute Gasteiger partial charge is 0.0912 e. The quantitative estimate of drug-likeness (QED) is 0.889. The summed E-state index contributed by atoms with van der Waals surface area (Å²) in [6, 6.07) is 0.168. The summed E-state index contributed by atoms with van der Waals surface area (Å²) in [6.45, 7) is 9.10. The Balaban J connectivity index is 2.20. The predicted molar refractivity (Wildman–Crippen MR) is 79.2 cm³/mol. The lowest BCUT2D eigenvalue weighted by Crippen LogP contribution is -2.48. The fourth-order valence-electron chi connectivity index (χ4n) is 2.61. The zero-order valence-electron chi connectivity index (χ0n) is 11.9. The van der Waals surface area contributed by atoms with E-state index in [0.717, 1.165) is 43.0 Å². The number of morpholine rings is 1. The van der Waals surface area contributed by atoms with Crippen molar-refractivity contribution in [2.24, 2.45) is 7.05 Å². The van der Waals surface area contributed by atoms with Crippen molar-refractivity contribution >= 4 is 15.9 Å². The highest BCUT2D eigenvalue weighted by Gasteiger charge is 2.31. The number of hydrogen-bond acceptors (Lipinski definition) is 4. The minimum atomic E-state index is 0.167. The lowest BCUT2D eigenvalue weighted by molar-refractivity contribution is -0.0467. The van der Waals surface area contributed by atoms with Crippen LogP contribution < -0.4 is 5.32 Å². The Hall–Kier alpha value is -0.430. The molecule has 1 aromatic heterocycles. The molecule has 1 saturated heterocycles. The Labute approximate surface area is 123 Å². The average Bonchev–Trinajstić information content (AvgIpc) is 2.76. The summed E-state index contributed by atoms with van der Waals surface area (Å²) in [4.78, 5) is 2.43. The number of rotatable bonds is 5. The second-order valence-corrected chi connectivity index (χ2v) is 5.69. The summed E-state index contributed by atoms with van der Waals surface area (Å²) < 4.78 is 8.95. The van der Waals surface area contributed by atoms with Crippen LogP contribution in [0.15, 0.2) is 10.7 Å². The molecule has 2 rings (SSSR count). The van der Waals surface area contributed by atoms with Crippen molar-refractivity contribution in [3.8, 4) is 0 Å². The van der Waals surface area contributed by atoms with E-state index in [9.17, 15) is 0 Å². The molecule has 1 aliphatic rings. The minimum Gasteiger partial charge on any atom is -0.374 e. The maximum atomic E-state index is 5.99. The molecule has 2 atom stereocenters. The molecule has 6 heteroatoms. The first-order valence-electron chi connectivity index (χ1n) is 6.92. The second kappa shape index (κ2) is 6.83. The molecule has 0 saturated carbocycles. The van der Waals surface area contributed by atoms with Gasteiger partial charge in [0.1, 0.15) is 0 Å². The van der Waals surface area contributed by atoms with E-state index in [1.165, 1.54) is 0 Å². The zero-order chi connectivity index (χ0) is 13.8. The van der Waals surface area contributed by atoms with Crippen molar-refractivity contribution in [2.75, 3.05) is 32.8 Å². The van der Waals surface area contributed by atoms with E-state index >= 15 is 0 Å². The molecule has 1 aliphatic heterocycles. The normalized spacial score (nSPS) is 22.6. The minimum absolute atomic E-state index is 0.167. The Bertz CT molecular complexity index is 390. The monoisotopic (exact) mass is 330 g/mol. The van der Waals surface area contributed by atoms with Crippen LogP contribution >= 0.6 is 15.9 Å². The number of aromatic nitrogens is 2. The number of nitrogens with one attached hydrogen (secondary N) is 1. The first kappa shape index (κ1) is 15.0. The molecule has 108 valence electrons. The van der Waals surface area contributed by atoms with Gasteiger partial charge in [0.15, 0.2) is 0 Å². The third kappa shape index (κ3) is 3.37. The molecule has 1 fully saturated rings. The zero-order valence-corrected chi connectivity index (χ0v) is 13.5. The van der Waals surface area contributed by atoms with Crippen LogP contribution in [0.3, 0.4) is 0 Å². The number of aryl methyl sites for hydroxylation is 1. The van der Waals surface area contributed by atoms with Gasteiger partial charge in [-0.1, -0.05) is 13.8 Å². The Morgan fingerprint density at radius 1 is 1.58 bits per heavy atom. The maximum Gasteiger partial charge on any atom is 0.0912 e. The van der Waals surface area contributed by atoms with Crippen molar-refractivity contribution in [3.63, 3.8) is 0 Å². The third-order valence-corrected chi connectivity index (χ3v) is 4.26. The van der Waals surface area contributed by atoms with Crippen LogP contribution in [0.4, 0.5) is 0 Å². The van der Waals surface area contributed by atoms with E-state index in [1.807, 2.05) is 17.9 Å². The molecule has 0 aliphatic carbocycles. The van der Waals surface area contributed by atoms with Gasteiger partial charge in [0.05, 0.1) is 35.1 Å². The van der Waals surface area contributed by atoms with Crippen LogP contribution in [-0.4, -0.2) is 53.6 Å². The fourth-order valence-corrected chi connectivity index (χ4v) is 3.21. The van der Waals surface area contributed by atoms with Crippen molar-refractivity contribution in [1.82, 2.24) is 20.0 Å². The molecule has 0 spiro atoms. The van der Waals surface area contributed by atoms with E-state index in [4.69, 9.17) is 4.74 Å². The van der Waals surface area contributed by atoms with Gasteiger partial charge in [-0.25, -0.2) is 0 Å². The lowest BCUT2D eigenvalue weighted by Gasteiger charge is -2.37.